The van der Waals surface area contributed by atoms with Crippen molar-refractivity contribution in [2.45, 2.75) is 6.92 Å². The van der Waals surface area contributed by atoms with E-state index in [1.165, 1.54) is 0 Å². The lowest BCUT2D eigenvalue weighted by atomic mass is 10.2. The Hall–Kier alpha value is -0.340. The van der Waals surface area contributed by atoms with Gasteiger partial charge in [-0.1, -0.05) is 13.0 Å². The van der Waals surface area contributed by atoms with Gasteiger partial charge >= 0.3 is 0 Å². The van der Waals surface area contributed by atoms with Gasteiger partial charge in [0.05, 0.1) is 7.11 Å². The van der Waals surface area contributed by atoms with Crippen LogP contribution < -0.4 is 5.48 Å². The number of hydrogen-bond donors (Lipinski definition) is 1. The van der Waals surface area contributed by atoms with Gasteiger partial charge in [-0.05, 0) is 5.92 Å². The molecule has 0 aromatic heterocycles. The number of hydrogen-bond acceptors (Lipinski definition) is 2. The highest BCUT2D eigenvalue weighted by molar-refractivity contribution is 4.74. The first-order valence-corrected chi connectivity index (χ1v) is 2.69. The zero-order valence-corrected chi connectivity index (χ0v) is 5.48. The molecule has 2 heteroatoms. The first kappa shape index (κ1) is 7.66. The topological polar surface area (TPSA) is 21.3 Å². The van der Waals surface area contributed by atoms with Gasteiger partial charge in [0.2, 0.25) is 0 Å². The fourth-order valence-corrected chi connectivity index (χ4v) is 0.298. The molecule has 0 aliphatic carbocycles. The Morgan fingerprint density at radius 3 is 2.88 bits per heavy atom. The third-order valence-electron chi connectivity index (χ3n) is 0.952. The van der Waals surface area contributed by atoms with Gasteiger partial charge in [0, 0.05) is 6.54 Å². The Labute approximate surface area is 50.5 Å². The van der Waals surface area contributed by atoms with Gasteiger partial charge in [-0.15, -0.1) is 6.58 Å². The molecule has 0 spiro atoms. The maximum absolute atomic E-state index is 4.62. The smallest absolute Gasteiger partial charge is 0.0572 e. The van der Waals surface area contributed by atoms with Crippen LogP contribution in [-0.4, -0.2) is 13.7 Å². The van der Waals surface area contributed by atoms with Gasteiger partial charge in [-0.2, -0.15) is 0 Å². The molecule has 0 amide bonds. The van der Waals surface area contributed by atoms with Gasteiger partial charge in [0.15, 0.2) is 0 Å². The van der Waals surface area contributed by atoms with Crippen molar-refractivity contribution < 1.29 is 4.84 Å². The molecule has 0 aliphatic rings. The second kappa shape index (κ2) is 4.81. The summed E-state index contributed by atoms with van der Waals surface area (Å²) >= 11 is 0. The molecule has 0 heterocycles. The zero-order valence-electron chi connectivity index (χ0n) is 5.48. The molecule has 0 aromatic carbocycles. The standard InChI is InChI=1S/C6H13NO/c1-4-6(2)5-7-8-3/h4,6-7H,1,5H2,2-3H3/t6-/m1/s1. The molecule has 0 unspecified atom stereocenters. The molecular formula is C6H13NO. The molecule has 0 rings (SSSR count). The average Bonchev–Trinajstić information content (AvgIpc) is 1.83. The van der Waals surface area contributed by atoms with E-state index in [0.717, 1.165) is 6.54 Å². The van der Waals surface area contributed by atoms with Crippen LogP contribution in [0.15, 0.2) is 12.7 Å². The van der Waals surface area contributed by atoms with Crippen molar-refractivity contribution in [3.63, 3.8) is 0 Å². The molecule has 0 aromatic rings. The van der Waals surface area contributed by atoms with E-state index in [4.69, 9.17) is 0 Å². The maximum Gasteiger partial charge on any atom is 0.0572 e. The molecule has 0 saturated heterocycles. The molecule has 0 fully saturated rings. The van der Waals surface area contributed by atoms with E-state index in [9.17, 15) is 0 Å². The second-order valence-electron chi connectivity index (χ2n) is 1.77. The predicted octanol–water partition coefficient (Wildman–Crippen LogP) is 0.960. The summed E-state index contributed by atoms with van der Waals surface area (Å²) in [7, 11) is 1.61. The minimum absolute atomic E-state index is 0.481. The van der Waals surface area contributed by atoms with Crippen LogP contribution in [0.1, 0.15) is 6.92 Å². The third kappa shape index (κ3) is 3.84. The molecule has 0 aliphatic heterocycles. The molecule has 1 atom stereocenters. The first-order valence-electron chi connectivity index (χ1n) is 2.69. The summed E-state index contributed by atoms with van der Waals surface area (Å²) < 4.78 is 0. The molecule has 1 N–H and O–H groups in total. The molecule has 8 heavy (non-hydrogen) atoms. The first-order chi connectivity index (χ1) is 3.81. The largest absolute Gasteiger partial charge is 0.305 e. The highest BCUT2D eigenvalue weighted by atomic mass is 16.6. The van der Waals surface area contributed by atoms with Gasteiger partial charge in [-0.25, -0.2) is 5.48 Å². The van der Waals surface area contributed by atoms with E-state index in [2.05, 4.69) is 23.8 Å². The van der Waals surface area contributed by atoms with Crippen molar-refractivity contribution in [3.8, 4) is 0 Å². The lowest BCUT2D eigenvalue weighted by molar-refractivity contribution is 0.0860. The average molecular weight is 115 g/mol. The normalized spacial score (nSPS) is 13.2. The van der Waals surface area contributed by atoms with E-state index < -0.39 is 0 Å². The van der Waals surface area contributed by atoms with E-state index in [1.807, 2.05) is 6.08 Å². The van der Waals surface area contributed by atoms with Crippen LogP contribution in [0, 0.1) is 5.92 Å². The summed E-state index contributed by atoms with van der Waals surface area (Å²) in [6.45, 7) is 6.52. The van der Waals surface area contributed by atoms with Crippen molar-refractivity contribution in [2.24, 2.45) is 5.92 Å². The van der Waals surface area contributed by atoms with Crippen LogP contribution in [0.3, 0.4) is 0 Å². The summed E-state index contributed by atoms with van der Waals surface area (Å²) in [6.07, 6.45) is 1.88. The van der Waals surface area contributed by atoms with Crippen molar-refractivity contribution >= 4 is 0 Å². The highest BCUT2D eigenvalue weighted by Crippen LogP contribution is 1.90. The van der Waals surface area contributed by atoms with Crippen molar-refractivity contribution in [3.05, 3.63) is 12.7 Å². The molecule has 48 valence electrons. The fourth-order valence-electron chi connectivity index (χ4n) is 0.298. The lowest BCUT2D eigenvalue weighted by Crippen LogP contribution is -2.18. The van der Waals surface area contributed by atoms with Crippen LogP contribution in [-0.2, 0) is 4.84 Å². The summed E-state index contributed by atoms with van der Waals surface area (Å²) in [4.78, 5) is 4.62. The van der Waals surface area contributed by atoms with E-state index in [-0.39, 0.29) is 0 Å². The lowest BCUT2D eigenvalue weighted by Gasteiger charge is -2.03. The number of hydroxylamine groups is 1. The van der Waals surface area contributed by atoms with Gasteiger partial charge in [0.1, 0.15) is 0 Å². The minimum atomic E-state index is 0.481. The van der Waals surface area contributed by atoms with Crippen molar-refractivity contribution in [2.75, 3.05) is 13.7 Å². The second-order valence-corrected chi connectivity index (χ2v) is 1.77. The highest BCUT2D eigenvalue weighted by Gasteiger charge is 1.90. The van der Waals surface area contributed by atoms with Crippen LogP contribution >= 0.6 is 0 Å². The predicted molar refractivity (Wildman–Crippen MR) is 34.4 cm³/mol. The van der Waals surface area contributed by atoms with Crippen molar-refractivity contribution in [1.82, 2.24) is 5.48 Å². The Bertz CT molecular complexity index is 63.5. The third-order valence-corrected chi connectivity index (χ3v) is 0.952. The molecule has 2 nitrogen and oxygen atoms in total. The van der Waals surface area contributed by atoms with Crippen LogP contribution in [0.2, 0.25) is 0 Å². The maximum atomic E-state index is 4.62. The SMILES string of the molecule is C=C[C@@H](C)CNOC. The van der Waals surface area contributed by atoms with Gasteiger partial charge in [0.25, 0.3) is 0 Å². The van der Waals surface area contributed by atoms with E-state index in [0.29, 0.717) is 5.92 Å². The summed E-state index contributed by atoms with van der Waals surface area (Å²) in [5, 5.41) is 0. The van der Waals surface area contributed by atoms with Crippen LogP contribution in [0.5, 0.6) is 0 Å². The Kier molecular flexibility index (Phi) is 4.61. The molecule has 0 saturated carbocycles. The monoisotopic (exact) mass is 115 g/mol. The Morgan fingerprint density at radius 2 is 2.50 bits per heavy atom. The Balaban J connectivity index is 2.98. The minimum Gasteiger partial charge on any atom is -0.305 e. The quantitative estimate of drug-likeness (QED) is 0.435. The Morgan fingerprint density at radius 1 is 1.88 bits per heavy atom. The van der Waals surface area contributed by atoms with E-state index in [1.54, 1.807) is 7.11 Å². The van der Waals surface area contributed by atoms with Gasteiger partial charge < -0.3 is 4.84 Å². The number of nitrogens with one attached hydrogen (secondary N) is 1. The van der Waals surface area contributed by atoms with Crippen LogP contribution in [0.25, 0.3) is 0 Å². The molecule has 0 radical (unpaired) electrons. The van der Waals surface area contributed by atoms with Crippen molar-refractivity contribution in [1.29, 1.82) is 0 Å². The summed E-state index contributed by atoms with van der Waals surface area (Å²) in [6, 6.07) is 0. The van der Waals surface area contributed by atoms with E-state index >= 15 is 0 Å². The fraction of sp³-hybridized carbons (Fsp3) is 0.667. The van der Waals surface area contributed by atoms with Crippen LogP contribution in [0.4, 0.5) is 0 Å². The van der Waals surface area contributed by atoms with Gasteiger partial charge in [-0.3, -0.25) is 0 Å². The zero-order chi connectivity index (χ0) is 6.41. The summed E-state index contributed by atoms with van der Waals surface area (Å²) in [5.74, 6) is 0.481. The molecular weight excluding hydrogens is 102 g/mol. The molecule has 0 bridgehead atoms. The summed E-state index contributed by atoms with van der Waals surface area (Å²) in [5.41, 5.74) is 2.73. The number of rotatable bonds is 4.